The highest BCUT2D eigenvalue weighted by Crippen LogP contribution is 2.42. The van der Waals surface area contributed by atoms with E-state index in [1.807, 2.05) is 17.4 Å². The summed E-state index contributed by atoms with van der Waals surface area (Å²) in [5.41, 5.74) is 0.974. The van der Waals surface area contributed by atoms with Crippen LogP contribution in [0.5, 0.6) is 0 Å². The molecule has 3 rings (SSSR count). The van der Waals surface area contributed by atoms with Gasteiger partial charge in [-0.05, 0) is 30.2 Å². The number of nitrogens with one attached hydrogen (secondary N) is 1. The van der Waals surface area contributed by atoms with E-state index in [1.165, 1.54) is 17.7 Å². The number of nitrogens with zero attached hydrogens (tertiary/aromatic N) is 1. The van der Waals surface area contributed by atoms with Crippen LogP contribution in [0.4, 0.5) is 0 Å². The van der Waals surface area contributed by atoms with E-state index in [-0.39, 0.29) is 0 Å². The Kier molecular flexibility index (Phi) is 2.76. The van der Waals surface area contributed by atoms with Gasteiger partial charge in [0.2, 0.25) is 0 Å². The van der Waals surface area contributed by atoms with Crippen molar-refractivity contribution in [3.8, 4) is 0 Å². The Labute approximate surface area is 98.5 Å². The fraction of sp³-hybridized carbons (Fsp3) is 0.417. The summed E-state index contributed by atoms with van der Waals surface area (Å²) >= 11 is 1.83. The van der Waals surface area contributed by atoms with Crippen LogP contribution in [-0.2, 0) is 6.54 Å². The molecule has 0 aliphatic heterocycles. The minimum absolute atomic E-state index is 0.497. The Bertz CT molecular complexity index is 420. The van der Waals surface area contributed by atoms with E-state index in [4.69, 9.17) is 4.52 Å². The highest BCUT2D eigenvalue weighted by molar-refractivity contribution is 7.10. The predicted molar refractivity (Wildman–Crippen MR) is 63.1 cm³/mol. The molecule has 1 aliphatic rings. The first-order chi connectivity index (χ1) is 7.93. The second-order valence-electron chi connectivity index (χ2n) is 4.20. The number of rotatable bonds is 5. The average Bonchev–Trinajstić information content (AvgIpc) is 2.83. The quantitative estimate of drug-likeness (QED) is 0.864. The zero-order valence-corrected chi connectivity index (χ0v) is 9.74. The predicted octanol–water partition coefficient (Wildman–Crippen LogP) is 2.98. The van der Waals surface area contributed by atoms with Crippen molar-refractivity contribution in [2.45, 2.75) is 25.4 Å². The highest BCUT2D eigenvalue weighted by atomic mass is 32.1. The summed E-state index contributed by atoms with van der Waals surface area (Å²) in [6, 6.07) is 6.74. The first kappa shape index (κ1) is 10.1. The fourth-order valence-electron chi connectivity index (χ4n) is 1.94. The molecule has 1 aliphatic carbocycles. The molecule has 1 saturated carbocycles. The fourth-order valence-corrected chi connectivity index (χ4v) is 2.83. The molecule has 4 heteroatoms. The highest BCUT2D eigenvalue weighted by Gasteiger charge is 2.32. The van der Waals surface area contributed by atoms with Crippen molar-refractivity contribution in [3.63, 3.8) is 0 Å². The molecule has 1 fully saturated rings. The van der Waals surface area contributed by atoms with Gasteiger partial charge in [-0.3, -0.25) is 0 Å². The summed E-state index contributed by atoms with van der Waals surface area (Å²) in [6.45, 7) is 0.787. The van der Waals surface area contributed by atoms with Gasteiger partial charge in [0.05, 0.1) is 5.69 Å². The minimum Gasteiger partial charge on any atom is -0.364 e. The second kappa shape index (κ2) is 4.39. The molecule has 3 nitrogen and oxygen atoms in total. The Hall–Kier alpha value is -1.13. The lowest BCUT2D eigenvalue weighted by molar-refractivity contribution is 0.401. The van der Waals surface area contributed by atoms with Crippen molar-refractivity contribution in [2.24, 2.45) is 5.92 Å². The molecular formula is C12H14N2OS. The van der Waals surface area contributed by atoms with Crippen LogP contribution in [-0.4, -0.2) is 5.16 Å². The zero-order chi connectivity index (χ0) is 10.8. The van der Waals surface area contributed by atoms with Gasteiger partial charge in [0.25, 0.3) is 0 Å². The summed E-state index contributed by atoms with van der Waals surface area (Å²) in [7, 11) is 0. The van der Waals surface area contributed by atoms with Crippen molar-refractivity contribution >= 4 is 11.3 Å². The Balaban J connectivity index is 1.66. The molecule has 0 aromatic carbocycles. The molecule has 1 unspecified atom stereocenters. The van der Waals surface area contributed by atoms with Crippen LogP contribution in [0.15, 0.2) is 34.4 Å². The van der Waals surface area contributed by atoms with E-state index in [9.17, 15) is 0 Å². The van der Waals surface area contributed by atoms with E-state index >= 15 is 0 Å². The molecule has 2 heterocycles. The topological polar surface area (TPSA) is 38.1 Å². The molecule has 0 spiro atoms. The number of hydrogen-bond donors (Lipinski definition) is 1. The molecule has 0 radical (unpaired) electrons. The number of aromatic nitrogens is 1. The molecule has 2 aromatic heterocycles. The van der Waals surface area contributed by atoms with Crippen LogP contribution in [0.1, 0.15) is 29.5 Å². The van der Waals surface area contributed by atoms with Crippen LogP contribution in [0.25, 0.3) is 0 Å². The smallest absolute Gasteiger partial charge is 0.124 e. The summed E-state index contributed by atoms with van der Waals surface area (Å²) in [5.74, 6) is 0.811. The van der Waals surface area contributed by atoms with Gasteiger partial charge < -0.3 is 9.84 Å². The minimum atomic E-state index is 0.497. The summed E-state index contributed by atoms with van der Waals surface area (Å²) < 4.78 is 4.83. The second-order valence-corrected chi connectivity index (χ2v) is 5.18. The molecule has 16 heavy (non-hydrogen) atoms. The SMILES string of the molecule is c1csc(C(NCc2ccon2)C2CC2)c1. The summed E-state index contributed by atoms with van der Waals surface area (Å²) in [5, 5.41) is 9.63. The van der Waals surface area contributed by atoms with Crippen molar-refractivity contribution in [3.05, 3.63) is 40.4 Å². The standard InChI is InChI=1S/C12H14N2OS/c1-2-11(16-7-1)12(9-3-4-9)13-8-10-5-6-15-14-10/h1-2,5-7,9,12-13H,3-4,8H2. The first-order valence-corrected chi connectivity index (χ1v) is 6.47. The van der Waals surface area contributed by atoms with E-state index in [0.717, 1.165) is 18.2 Å². The third kappa shape index (κ3) is 2.18. The van der Waals surface area contributed by atoms with Crippen LogP contribution in [0, 0.1) is 5.92 Å². The van der Waals surface area contributed by atoms with Crippen LogP contribution >= 0.6 is 11.3 Å². The molecule has 0 amide bonds. The molecule has 0 saturated heterocycles. The maximum absolute atomic E-state index is 4.83. The van der Waals surface area contributed by atoms with Gasteiger partial charge in [-0.15, -0.1) is 11.3 Å². The van der Waals surface area contributed by atoms with E-state index in [0.29, 0.717) is 6.04 Å². The number of thiophene rings is 1. The lowest BCUT2D eigenvalue weighted by Crippen LogP contribution is -2.21. The molecule has 1 N–H and O–H groups in total. The Morgan fingerprint density at radius 3 is 3.06 bits per heavy atom. The van der Waals surface area contributed by atoms with Crippen molar-refractivity contribution in [1.82, 2.24) is 10.5 Å². The first-order valence-electron chi connectivity index (χ1n) is 5.59. The normalized spacial score (nSPS) is 17.5. The molecule has 0 bridgehead atoms. The summed E-state index contributed by atoms with van der Waals surface area (Å²) in [4.78, 5) is 1.44. The zero-order valence-electron chi connectivity index (χ0n) is 8.93. The van der Waals surface area contributed by atoms with Gasteiger partial charge in [0, 0.05) is 23.5 Å². The molecule has 84 valence electrons. The molecule has 1 atom stereocenters. The van der Waals surface area contributed by atoms with Gasteiger partial charge in [-0.2, -0.15) is 0 Å². The Morgan fingerprint density at radius 2 is 2.44 bits per heavy atom. The third-order valence-corrected chi connectivity index (χ3v) is 3.89. The molecular weight excluding hydrogens is 220 g/mol. The largest absolute Gasteiger partial charge is 0.364 e. The molecule has 2 aromatic rings. The monoisotopic (exact) mass is 234 g/mol. The van der Waals surface area contributed by atoms with E-state index < -0.39 is 0 Å². The van der Waals surface area contributed by atoms with Gasteiger partial charge in [0.15, 0.2) is 0 Å². The van der Waals surface area contributed by atoms with Gasteiger partial charge in [0.1, 0.15) is 6.26 Å². The Morgan fingerprint density at radius 1 is 1.50 bits per heavy atom. The van der Waals surface area contributed by atoms with E-state index in [2.05, 4.69) is 28.0 Å². The number of hydrogen-bond acceptors (Lipinski definition) is 4. The van der Waals surface area contributed by atoms with Gasteiger partial charge in [-0.1, -0.05) is 11.2 Å². The maximum Gasteiger partial charge on any atom is 0.124 e. The van der Waals surface area contributed by atoms with E-state index in [1.54, 1.807) is 6.26 Å². The lowest BCUT2D eigenvalue weighted by Gasteiger charge is -2.15. The van der Waals surface area contributed by atoms with Crippen LogP contribution < -0.4 is 5.32 Å². The average molecular weight is 234 g/mol. The third-order valence-electron chi connectivity index (χ3n) is 2.94. The van der Waals surface area contributed by atoms with Crippen LogP contribution in [0.2, 0.25) is 0 Å². The maximum atomic E-state index is 4.83. The van der Waals surface area contributed by atoms with Crippen molar-refractivity contribution < 1.29 is 4.52 Å². The van der Waals surface area contributed by atoms with Crippen molar-refractivity contribution in [1.29, 1.82) is 0 Å². The van der Waals surface area contributed by atoms with Gasteiger partial charge in [-0.25, -0.2) is 0 Å². The van der Waals surface area contributed by atoms with Crippen molar-refractivity contribution in [2.75, 3.05) is 0 Å². The lowest BCUT2D eigenvalue weighted by atomic mass is 10.1. The van der Waals surface area contributed by atoms with Crippen LogP contribution in [0.3, 0.4) is 0 Å². The van der Waals surface area contributed by atoms with Gasteiger partial charge >= 0.3 is 0 Å². The summed E-state index contributed by atoms with van der Waals surface area (Å²) in [6.07, 6.45) is 4.30.